The van der Waals surface area contributed by atoms with E-state index in [9.17, 15) is 4.79 Å². The minimum Gasteiger partial charge on any atom is -0.466 e. The van der Waals surface area contributed by atoms with Crippen LogP contribution in [0.1, 0.15) is 24.0 Å². The van der Waals surface area contributed by atoms with Crippen LogP contribution in [0, 0.1) is 0 Å². The number of hydrogen-bond acceptors (Lipinski definition) is 2. The minimum atomic E-state index is -2.30. The third kappa shape index (κ3) is 3.12. The Morgan fingerprint density at radius 3 is 2.32 bits per heavy atom. The highest BCUT2D eigenvalue weighted by atomic mass is 35.5. The molecule has 2 atom stereocenters. The number of ether oxygens (including phenoxy) is 1. The predicted molar refractivity (Wildman–Crippen MR) is 98.6 cm³/mol. The van der Waals surface area contributed by atoms with E-state index in [-0.39, 0.29) is 5.56 Å². The molecule has 0 amide bonds. The van der Waals surface area contributed by atoms with Crippen LogP contribution in [0.2, 0.25) is 5.02 Å². The van der Waals surface area contributed by atoms with Crippen molar-refractivity contribution >= 4 is 28.3 Å². The fourth-order valence-corrected chi connectivity index (χ4v) is 3.22. The molecule has 3 rings (SSSR count). The van der Waals surface area contributed by atoms with Crippen molar-refractivity contribution in [3.63, 3.8) is 0 Å². The zero-order valence-corrected chi connectivity index (χ0v) is 14.8. The van der Waals surface area contributed by atoms with Crippen molar-refractivity contribution in [3.8, 4) is 0 Å². The molecular weight excluding hydrogens is 339 g/mol. The van der Waals surface area contributed by atoms with Gasteiger partial charge in [0.1, 0.15) is 0 Å². The normalized spacial score (nSPS) is 14.7. The summed E-state index contributed by atoms with van der Waals surface area (Å²) in [6.07, 6.45) is 0. The van der Waals surface area contributed by atoms with Crippen LogP contribution in [0.4, 0.5) is 4.39 Å². The summed E-state index contributed by atoms with van der Waals surface area (Å²) in [5, 5.41) is 2.54. The van der Waals surface area contributed by atoms with Gasteiger partial charge < -0.3 is 4.74 Å². The lowest BCUT2D eigenvalue weighted by molar-refractivity contribution is -0.157. The molecule has 0 aliphatic heterocycles. The van der Waals surface area contributed by atoms with Crippen molar-refractivity contribution in [1.29, 1.82) is 0 Å². The lowest BCUT2D eigenvalue weighted by atomic mass is 9.79. The van der Waals surface area contributed by atoms with Crippen LogP contribution in [0.3, 0.4) is 0 Å². The third-order valence-electron chi connectivity index (χ3n) is 4.62. The second kappa shape index (κ2) is 6.85. The SMILES string of the molecule is COC(=O)[C@](F)(c1ccc(Cl)cc1)[C@H](C)c1ccc2ccccc2c1. The number of carbonyl (C=O) groups is 1. The van der Waals surface area contributed by atoms with Crippen LogP contribution in [0.15, 0.2) is 66.7 Å². The van der Waals surface area contributed by atoms with Gasteiger partial charge in [0.25, 0.3) is 0 Å². The first-order valence-electron chi connectivity index (χ1n) is 7.99. The van der Waals surface area contributed by atoms with E-state index in [0.717, 1.165) is 16.3 Å². The van der Waals surface area contributed by atoms with Crippen LogP contribution >= 0.6 is 11.6 Å². The molecule has 0 spiro atoms. The first kappa shape index (κ1) is 17.4. The molecule has 25 heavy (non-hydrogen) atoms. The van der Waals surface area contributed by atoms with E-state index in [4.69, 9.17) is 16.3 Å². The lowest BCUT2D eigenvalue weighted by Crippen LogP contribution is -2.37. The first-order valence-corrected chi connectivity index (χ1v) is 8.36. The standard InChI is InChI=1S/C21H18ClFO2/c1-14(16-8-7-15-5-3-4-6-17(15)13-16)21(23,20(24)25-2)18-9-11-19(22)12-10-18/h3-14H,1-2H3/t14-,21-/m1/s1. The largest absolute Gasteiger partial charge is 0.466 e. The summed E-state index contributed by atoms with van der Waals surface area (Å²) in [5.41, 5.74) is -1.35. The monoisotopic (exact) mass is 356 g/mol. The van der Waals surface area contributed by atoms with Crippen molar-refractivity contribution in [1.82, 2.24) is 0 Å². The summed E-state index contributed by atoms with van der Waals surface area (Å²) >= 11 is 5.90. The van der Waals surface area contributed by atoms with Crippen molar-refractivity contribution in [2.75, 3.05) is 7.11 Å². The van der Waals surface area contributed by atoms with E-state index in [2.05, 4.69) is 0 Å². The Morgan fingerprint density at radius 2 is 1.68 bits per heavy atom. The summed E-state index contributed by atoms with van der Waals surface area (Å²) in [5.74, 6) is -1.65. The summed E-state index contributed by atoms with van der Waals surface area (Å²) in [4.78, 5) is 12.4. The molecule has 0 radical (unpaired) electrons. The van der Waals surface area contributed by atoms with Gasteiger partial charge in [0, 0.05) is 16.5 Å². The number of fused-ring (bicyclic) bond motifs is 1. The number of esters is 1. The fraction of sp³-hybridized carbons (Fsp3) is 0.190. The number of benzene rings is 3. The van der Waals surface area contributed by atoms with Crippen molar-refractivity contribution in [2.24, 2.45) is 0 Å². The first-order chi connectivity index (χ1) is 12.0. The van der Waals surface area contributed by atoms with Crippen molar-refractivity contribution < 1.29 is 13.9 Å². The van der Waals surface area contributed by atoms with Crippen LogP contribution in [0.5, 0.6) is 0 Å². The molecule has 0 aromatic heterocycles. The zero-order chi connectivity index (χ0) is 18.0. The Bertz CT molecular complexity index is 907. The van der Waals surface area contributed by atoms with Gasteiger partial charge in [-0.2, -0.15) is 0 Å². The molecule has 0 aliphatic rings. The average molecular weight is 357 g/mol. The second-order valence-electron chi connectivity index (χ2n) is 6.04. The van der Waals surface area contributed by atoms with Crippen LogP contribution < -0.4 is 0 Å². The lowest BCUT2D eigenvalue weighted by Gasteiger charge is -2.30. The molecule has 4 heteroatoms. The molecule has 2 nitrogen and oxygen atoms in total. The Morgan fingerprint density at radius 1 is 1.04 bits per heavy atom. The van der Waals surface area contributed by atoms with E-state index < -0.39 is 17.6 Å². The molecule has 0 aliphatic carbocycles. The molecule has 0 fully saturated rings. The highest BCUT2D eigenvalue weighted by Gasteiger charge is 2.47. The molecule has 3 aromatic rings. The van der Waals surface area contributed by atoms with Gasteiger partial charge in [-0.25, -0.2) is 9.18 Å². The molecule has 0 bridgehead atoms. The topological polar surface area (TPSA) is 26.3 Å². The summed E-state index contributed by atoms with van der Waals surface area (Å²) in [6, 6.07) is 19.7. The van der Waals surface area contributed by atoms with E-state index >= 15 is 4.39 Å². The number of methoxy groups -OCH3 is 1. The average Bonchev–Trinajstić information content (AvgIpc) is 2.66. The van der Waals surface area contributed by atoms with Gasteiger partial charge in [0.2, 0.25) is 5.67 Å². The highest BCUT2D eigenvalue weighted by Crippen LogP contribution is 2.42. The number of carbonyl (C=O) groups excluding carboxylic acids is 1. The van der Waals surface area contributed by atoms with Gasteiger partial charge in [0.15, 0.2) is 0 Å². The number of halogens is 2. The maximum absolute atomic E-state index is 16.0. The third-order valence-corrected chi connectivity index (χ3v) is 4.87. The Balaban J connectivity index is 2.11. The molecule has 0 unspecified atom stereocenters. The quantitative estimate of drug-likeness (QED) is 0.566. The second-order valence-corrected chi connectivity index (χ2v) is 6.47. The number of rotatable bonds is 4. The maximum Gasteiger partial charge on any atom is 0.349 e. The number of hydrogen-bond donors (Lipinski definition) is 0. The predicted octanol–water partition coefficient (Wildman–Crippen LogP) is 5.63. The van der Waals surface area contributed by atoms with Crippen LogP contribution in [0.25, 0.3) is 10.8 Å². The summed E-state index contributed by atoms with van der Waals surface area (Å²) in [6.45, 7) is 1.69. The van der Waals surface area contributed by atoms with Gasteiger partial charge in [-0.15, -0.1) is 0 Å². The highest BCUT2D eigenvalue weighted by molar-refractivity contribution is 6.30. The molecule has 0 N–H and O–H groups in total. The van der Waals surface area contributed by atoms with Gasteiger partial charge in [-0.05, 0) is 28.5 Å². The fourth-order valence-electron chi connectivity index (χ4n) is 3.09. The van der Waals surface area contributed by atoms with Crippen molar-refractivity contribution in [2.45, 2.75) is 18.5 Å². The summed E-state index contributed by atoms with van der Waals surface area (Å²) in [7, 11) is 1.19. The molecule has 128 valence electrons. The molecular formula is C21H18ClFO2. The number of alkyl halides is 1. The van der Waals surface area contributed by atoms with Crippen molar-refractivity contribution in [3.05, 3.63) is 82.9 Å². The van der Waals surface area contributed by atoms with Gasteiger partial charge in [-0.3, -0.25) is 0 Å². The smallest absolute Gasteiger partial charge is 0.349 e. The van der Waals surface area contributed by atoms with E-state index in [0.29, 0.717) is 5.02 Å². The van der Waals surface area contributed by atoms with E-state index in [1.165, 1.54) is 19.2 Å². The van der Waals surface area contributed by atoms with E-state index in [1.807, 2.05) is 42.5 Å². The van der Waals surface area contributed by atoms with Gasteiger partial charge >= 0.3 is 5.97 Å². The molecule has 0 saturated carbocycles. The van der Waals surface area contributed by atoms with Gasteiger partial charge in [0.05, 0.1) is 7.11 Å². The minimum absolute atomic E-state index is 0.226. The van der Waals surface area contributed by atoms with Crippen LogP contribution in [-0.2, 0) is 15.2 Å². The molecule has 3 aromatic carbocycles. The molecule has 0 saturated heterocycles. The van der Waals surface area contributed by atoms with Crippen LogP contribution in [-0.4, -0.2) is 13.1 Å². The Hall–Kier alpha value is -2.39. The van der Waals surface area contributed by atoms with Gasteiger partial charge in [-0.1, -0.05) is 73.1 Å². The van der Waals surface area contributed by atoms with E-state index in [1.54, 1.807) is 19.1 Å². The summed E-state index contributed by atoms with van der Waals surface area (Å²) < 4.78 is 20.8. The Labute approximate surface area is 151 Å². The Kier molecular flexibility index (Phi) is 4.78. The maximum atomic E-state index is 16.0. The zero-order valence-electron chi connectivity index (χ0n) is 14.0. The molecule has 0 heterocycles.